The predicted octanol–water partition coefficient (Wildman–Crippen LogP) is 2.94. The second kappa shape index (κ2) is 4.33. The van der Waals surface area contributed by atoms with Crippen LogP contribution in [-0.2, 0) is 0 Å². The molecule has 1 aromatic carbocycles. The summed E-state index contributed by atoms with van der Waals surface area (Å²) in [6.45, 7) is 0. The minimum absolute atomic E-state index is 0.322. The number of para-hydroxylation sites is 1. The summed E-state index contributed by atoms with van der Waals surface area (Å²) in [6.07, 6.45) is 2.53. The molecule has 0 unspecified atom stereocenters. The van der Waals surface area contributed by atoms with E-state index < -0.39 is 0 Å². The smallest absolute Gasteiger partial charge is 0.249 e. The van der Waals surface area contributed by atoms with Crippen LogP contribution in [0.3, 0.4) is 0 Å². The summed E-state index contributed by atoms with van der Waals surface area (Å²) in [5.74, 6) is 0.978. The molecule has 2 aromatic heterocycles. The number of carbonyl (C=O) groups is 1. The molecular weight excluding hydrogens is 228 g/mol. The Kier molecular flexibility index (Phi) is 2.53. The number of pyridine rings is 1. The Hall–Kier alpha value is -2.62. The number of benzene rings is 1. The molecule has 0 aliphatic carbocycles. The van der Waals surface area contributed by atoms with E-state index in [0.717, 1.165) is 6.29 Å². The van der Waals surface area contributed by atoms with Gasteiger partial charge in [-0.1, -0.05) is 24.3 Å². The summed E-state index contributed by atoms with van der Waals surface area (Å²) >= 11 is 0. The van der Waals surface area contributed by atoms with Crippen molar-refractivity contribution in [3.8, 4) is 11.6 Å². The minimum Gasteiger partial charge on any atom is -0.437 e. The third-order valence-corrected chi connectivity index (χ3v) is 2.60. The van der Waals surface area contributed by atoms with Gasteiger partial charge < -0.3 is 4.74 Å². The van der Waals surface area contributed by atoms with Crippen LogP contribution in [0.4, 0.5) is 0 Å². The summed E-state index contributed by atoms with van der Waals surface area (Å²) in [5.41, 5.74) is 1.10. The van der Waals surface area contributed by atoms with Crippen LogP contribution in [0.5, 0.6) is 11.6 Å². The summed E-state index contributed by atoms with van der Waals surface area (Å²) in [6, 6.07) is 14.8. The fourth-order valence-electron chi connectivity index (χ4n) is 1.78. The Morgan fingerprint density at radius 3 is 2.61 bits per heavy atom. The Bertz CT molecular complexity index is 689. The second-order valence-corrected chi connectivity index (χ2v) is 3.76. The fraction of sp³-hybridized carbons (Fsp3) is 0. The maximum atomic E-state index is 11.2. The van der Waals surface area contributed by atoms with Gasteiger partial charge >= 0.3 is 0 Å². The molecule has 88 valence electrons. The van der Waals surface area contributed by atoms with Crippen LogP contribution in [0.1, 0.15) is 10.5 Å². The van der Waals surface area contributed by atoms with E-state index in [-0.39, 0.29) is 0 Å². The molecule has 0 N–H and O–H groups in total. The quantitative estimate of drug-likeness (QED) is 0.659. The lowest BCUT2D eigenvalue weighted by molar-refractivity contribution is 0.111. The number of hydrogen-bond donors (Lipinski definition) is 0. The SMILES string of the molecule is O=Cc1c(Oc2ccccc2)nc2ccccn12. The first-order valence-corrected chi connectivity index (χ1v) is 5.53. The van der Waals surface area contributed by atoms with Gasteiger partial charge in [0.15, 0.2) is 12.0 Å². The van der Waals surface area contributed by atoms with Gasteiger partial charge in [-0.25, -0.2) is 0 Å². The topological polar surface area (TPSA) is 43.6 Å². The van der Waals surface area contributed by atoms with E-state index in [1.54, 1.807) is 10.6 Å². The number of aldehydes is 1. The van der Waals surface area contributed by atoms with Gasteiger partial charge in [-0.05, 0) is 24.3 Å². The summed E-state index contributed by atoms with van der Waals surface area (Å²) in [7, 11) is 0. The van der Waals surface area contributed by atoms with Gasteiger partial charge in [0.2, 0.25) is 5.88 Å². The highest BCUT2D eigenvalue weighted by Gasteiger charge is 2.12. The van der Waals surface area contributed by atoms with Gasteiger partial charge in [0.1, 0.15) is 11.4 Å². The van der Waals surface area contributed by atoms with E-state index in [4.69, 9.17) is 4.74 Å². The molecule has 0 radical (unpaired) electrons. The lowest BCUT2D eigenvalue weighted by Crippen LogP contribution is -1.92. The van der Waals surface area contributed by atoms with E-state index in [9.17, 15) is 4.79 Å². The number of rotatable bonds is 3. The molecule has 0 aliphatic rings. The summed E-state index contributed by atoms with van der Waals surface area (Å²) < 4.78 is 7.32. The molecule has 0 spiro atoms. The highest BCUT2D eigenvalue weighted by atomic mass is 16.5. The number of hydrogen-bond acceptors (Lipinski definition) is 3. The first kappa shape index (κ1) is 10.5. The molecule has 3 aromatic rings. The average molecular weight is 238 g/mol. The molecule has 4 nitrogen and oxygen atoms in total. The van der Waals surface area contributed by atoms with Crippen LogP contribution in [-0.4, -0.2) is 15.7 Å². The molecule has 0 fully saturated rings. The largest absolute Gasteiger partial charge is 0.437 e. The number of fused-ring (bicyclic) bond motifs is 1. The van der Waals surface area contributed by atoms with Crippen molar-refractivity contribution < 1.29 is 9.53 Å². The van der Waals surface area contributed by atoms with Gasteiger partial charge in [-0.15, -0.1) is 0 Å². The zero-order chi connectivity index (χ0) is 12.4. The Labute approximate surface area is 103 Å². The Morgan fingerprint density at radius 1 is 1.06 bits per heavy atom. The monoisotopic (exact) mass is 238 g/mol. The van der Waals surface area contributed by atoms with E-state index in [1.165, 1.54) is 0 Å². The molecule has 0 saturated heterocycles. The molecule has 4 heteroatoms. The Morgan fingerprint density at radius 2 is 1.83 bits per heavy atom. The van der Waals surface area contributed by atoms with E-state index in [1.807, 2.05) is 48.5 Å². The lowest BCUT2D eigenvalue weighted by atomic mass is 10.3. The van der Waals surface area contributed by atoms with Crippen LogP contribution in [0.25, 0.3) is 5.65 Å². The van der Waals surface area contributed by atoms with E-state index >= 15 is 0 Å². The lowest BCUT2D eigenvalue weighted by Gasteiger charge is -2.01. The number of aromatic nitrogens is 2. The van der Waals surface area contributed by atoms with Gasteiger partial charge in [0.25, 0.3) is 0 Å². The fourth-order valence-corrected chi connectivity index (χ4v) is 1.78. The van der Waals surface area contributed by atoms with E-state index in [0.29, 0.717) is 23.0 Å². The zero-order valence-electron chi connectivity index (χ0n) is 9.48. The normalized spacial score (nSPS) is 10.4. The second-order valence-electron chi connectivity index (χ2n) is 3.76. The van der Waals surface area contributed by atoms with Crippen LogP contribution in [0.2, 0.25) is 0 Å². The Balaban J connectivity index is 2.09. The van der Waals surface area contributed by atoms with Gasteiger partial charge in [-0.3, -0.25) is 9.20 Å². The molecule has 0 atom stereocenters. The van der Waals surface area contributed by atoms with Crippen LogP contribution < -0.4 is 4.74 Å². The predicted molar refractivity (Wildman–Crippen MR) is 67.1 cm³/mol. The summed E-state index contributed by atoms with van der Waals surface area (Å²) in [4.78, 5) is 15.4. The maximum absolute atomic E-state index is 11.2. The first-order valence-electron chi connectivity index (χ1n) is 5.53. The van der Waals surface area contributed by atoms with Crippen LogP contribution in [0, 0.1) is 0 Å². The van der Waals surface area contributed by atoms with Crippen molar-refractivity contribution in [1.82, 2.24) is 9.38 Å². The standard InChI is InChI=1S/C14H10N2O2/c17-10-12-14(18-11-6-2-1-3-7-11)15-13-8-4-5-9-16(12)13/h1-10H. The molecule has 0 aliphatic heterocycles. The van der Waals surface area contributed by atoms with Gasteiger partial charge in [0, 0.05) is 6.20 Å². The van der Waals surface area contributed by atoms with Gasteiger partial charge in [0.05, 0.1) is 0 Å². The molecular formula is C14H10N2O2. The number of nitrogens with zero attached hydrogens (tertiary/aromatic N) is 2. The summed E-state index contributed by atoms with van der Waals surface area (Å²) in [5, 5.41) is 0. The van der Waals surface area contributed by atoms with Crippen molar-refractivity contribution in [2.75, 3.05) is 0 Å². The third kappa shape index (κ3) is 1.73. The minimum atomic E-state index is 0.322. The highest BCUT2D eigenvalue weighted by Crippen LogP contribution is 2.24. The zero-order valence-corrected chi connectivity index (χ0v) is 9.48. The van der Waals surface area contributed by atoms with Crippen molar-refractivity contribution in [1.29, 1.82) is 0 Å². The molecule has 0 saturated carbocycles. The molecule has 18 heavy (non-hydrogen) atoms. The van der Waals surface area contributed by atoms with Crippen molar-refractivity contribution in [2.24, 2.45) is 0 Å². The average Bonchev–Trinajstić information content (AvgIpc) is 2.77. The highest BCUT2D eigenvalue weighted by molar-refractivity contribution is 5.78. The number of carbonyl (C=O) groups excluding carboxylic acids is 1. The molecule has 0 bridgehead atoms. The van der Waals surface area contributed by atoms with Gasteiger partial charge in [-0.2, -0.15) is 4.98 Å². The van der Waals surface area contributed by atoms with E-state index in [2.05, 4.69) is 4.98 Å². The van der Waals surface area contributed by atoms with Crippen LogP contribution in [0.15, 0.2) is 54.7 Å². The first-order chi connectivity index (χ1) is 8.88. The maximum Gasteiger partial charge on any atom is 0.249 e. The van der Waals surface area contributed by atoms with Crippen LogP contribution >= 0.6 is 0 Å². The molecule has 2 heterocycles. The number of imidazole rings is 1. The molecule has 0 amide bonds. The van der Waals surface area contributed by atoms with Crippen molar-refractivity contribution in [3.63, 3.8) is 0 Å². The molecule has 3 rings (SSSR count). The third-order valence-electron chi connectivity index (χ3n) is 2.60. The van der Waals surface area contributed by atoms with Crippen molar-refractivity contribution >= 4 is 11.9 Å². The van der Waals surface area contributed by atoms with Crippen molar-refractivity contribution in [2.45, 2.75) is 0 Å². The van der Waals surface area contributed by atoms with Crippen molar-refractivity contribution in [3.05, 3.63) is 60.4 Å². The number of ether oxygens (including phenoxy) is 1.